The van der Waals surface area contributed by atoms with Gasteiger partial charge in [-0.3, -0.25) is 9.36 Å². The Bertz CT molecular complexity index is 800. The predicted molar refractivity (Wildman–Crippen MR) is 74.4 cm³/mol. The number of rotatable bonds is 3. The smallest absolute Gasteiger partial charge is 0.351 e. The van der Waals surface area contributed by atoms with Crippen LogP contribution in [0.2, 0.25) is 0 Å². The monoisotopic (exact) mass is 309 g/mol. The fourth-order valence-corrected chi connectivity index (χ4v) is 2.56. The number of aliphatic hydroxyl groups is 2. The molecule has 3 N–H and O–H groups in total. The summed E-state index contributed by atoms with van der Waals surface area (Å²) in [6.07, 6.45) is -2.21. The molecule has 2 aromatic heterocycles. The zero-order chi connectivity index (χ0) is 15.9. The zero-order valence-electron chi connectivity index (χ0n) is 11.7. The van der Waals surface area contributed by atoms with E-state index < -0.39 is 36.8 Å². The van der Waals surface area contributed by atoms with Crippen molar-refractivity contribution in [3.8, 4) is 0 Å². The van der Waals surface area contributed by atoms with Crippen LogP contribution in [0.4, 0.5) is 0 Å². The van der Waals surface area contributed by atoms with E-state index in [1.165, 1.54) is 30.0 Å². The number of hydrogen-bond acceptors (Lipinski definition) is 7. The lowest BCUT2D eigenvalue weighted by Gasteiger charge is -2.20. The summed E-state index contributed by atoms with van der Waals surface area (Å²) in [5.41, 5.74) is -0.855. The molecule has 0 aromatic carbocycles. The second-order valence-corrected chi connectivity index (χ2v) is 5.00. The van der Waals surface area contributed by atoms with Crippen molar-refractivity contribution in [3.63, 3.8) is 0 Å². The highest BCUT2D eigenvalue weighted by Gasteiger charge is 2.45. The summed E-state index contributed by atoms with van der Waals surface area (Å²) < 4.78 is 11.8. The molecule has 3 rings (SSSR count). The number of methoxy groups -OCH3 is 1. The number of aromatic amines is 1. The Labute approximate surface area is 123 Å². The molecule has 0 bridgehead atoms. The second-order valence-electron chi connectivity index (χ2n) is 5.00. The number of H-pyrrole nitrogens is 1. The van der Waals surface area contributed by atoms with Crippen LogP contribution in [0.25, 0.3) is 11.0 Å². The summed E-state index contributed by atoms with van der Waals surface area (Å²) in [6, 6.07) is 2.83. The molecule has 0 amide bonds. The maximum atomic E-state index is 12.1. The van der Waals surface area contributed by atoms with E-state index in [1.807, 2.05) is 0 Å². The Kier molecular flexibility index (Phi) is 3.79. The third-order valence-corrected chi connectivity index (χ3v) is 3.67. The van der Waals surface area contributed by atoms with Gasteiger partial charge in [0.25, 0.3) is 0 Å². The minimum absolute atomic E-state index is 0.167. The minimum atomic E-state index is -1.07. The Hall–Kier alpha value is -2.07. The molecule has 118 valence electrons. The summed E-state index contributed by atoms with van der Waals surface area (Å²) in [4.78, 5) is 29.7. The van der Waals surface area contributed by atoms with Gasteiger partial charge in [-0.1, -0.05) is 0 Å². The van der Waals surface area contributed by atoms with Gasteiger partial charge in [0.05, 0.1) is 6.61 Å². The molecule has 1 fully saturated rings. The van der Waals surface area contributed by atoms with Gasteiger partial charge in [0.2, 0.25) is 5.56 Å². The van der Waals surface area contributed by atoms with Crippen molar-refractivity contribution in [3.05, 3.63) is 39.2 Å². The summed E-state index contributed by atoms with van der Waals surface area (Å²) >= 11 is 0. The average Bonchev–Trinajstić information content (AvgIpc) is 2.82. The highest BCUT2D eigenvalue weighted by atomic mass is 16.6. The Morgan fingerprint density at radius 1 is 1.45 bits per heavy atom. The number of aliphatic hydroxyl groups excluding tert-OH is 2. The maximum Gasteiger partial charge on any atom is 0.351 e. The Balaban J connectivity index is 2.09. The fourth-order valence-electron chi connectivity index (χ4n) is 2.56. The van der Waals surface area contributed by atoms with E-state index >= 15 is 0 Å². The van der Waals surface area contributed by atoms with Gasteiger partial charge in [0.1, 0.15) is 24.0 Å². The lowest BCUT2D eigenvalue weighted by Crippen LogP contribution is -2.37. The van der Waals surface area contributed by atoms with E-state index in [-0.39, 0.29) is 11.2 Å². The van der Waals surface area contributed by atoms with E-state index in [9.17, 15) is 19.8 Å². The number of fused-ring (bicyclic) bond motifs is 1. The first-order chi connectivity index (χ1) is 10.5. The van der Waals surface area contributed by atoms with E-state index in [2.05, 4.69) is 9.97 Å². The lowest BCUT2D eigenvalue weighted by molar-refractivity contribution is -0.0622. The zero-order valence-corrected chi connectivity index (χ0v) is 11.7. The van der Waals surface area contributed by atoms with Crippen LogP contribution in [-0.4, -0.2) is 56.8 Å². The Morgan fingerprint density at radius 3 is 2.91 bits per heavy atom. The maximum absolute atomic E-state index is 12.1. The van der Waals surface area contributed by atoms with E-state index in [1.54, 1.807) is 0 Å². The molecule has 1 saturated heterocycles. The molecule has 3 heterocycles. The van der Waals surface area contributed by atoms with Crippen molar-refractivity contribution in [1.29, 1.82) is 0 Å². The first-order valence-electron chi connectivity index (χ1n) is 6.64. The largest absolute Gasteiger partial charge is 0.394 e. The summed E-state index contributed by atoms with van der Waals surface area (Å²) in [7, 11) is 1.38. The van der Waals surface area contributed by atoms with Gasteiger partial charge in [-0.2, -0.15) is 4.98 Å². The lowest BCUT2D eigenvalue weighted by atomic mass is 10.1. The first kappa shape index (κ1) is 14.9. The highest BCUT2D eigenvalue weighted by Crippen LogP contribution is 2.30. The molecule has 0 spiro atoms. The van der Waals surface area contributed by atoms with E-state index in [0.717, 1.165) is 0 Å². The molecule has 1 aliphatic heterocycles. The standard InChI is InChI=1S/C13H15N3O6/c1-21-10-9(19)7(5-17)22-12(10)16-4-6-2-3-8(18)14-11(6)15-13(16)20/h2-4,7,9-10,12,17,19H,5H2,1H3,(H,14,15,18,20)/t7-,9?,10?,12-/m1/s1. The van der Waals surface area contributed by atoms with Crippen molar-refractivity contribution >= 4 is 11.0 Å². The molecule has 9 heteroatoms. The van der Waals surface area contributed by atoms with Gasteiger partial charge >= 0.3 is 5.69 Å². The fraction of sp³-hybridized carbons (Fsp3) is 0.462. The first-order valence-corrected chi connectivity index (χ1v) is 6.64. The summed E-state index contributed by atoms with van der Waals surface area (Å²) in [6.45, 7) is -0.402. The van der Waals surface area contributed by atoms with Crippen molar-refractivity contribution in [2.24, 2.45) is 0 Å². The number of ether oxygens (including phenoxy) is 2. The van der Waals surface area contributed by atoms with Crippen molar-refractivity contribution < 1.29 is 19.7 Å². The van der Waals surface area contributed by atoms with Crippen LogP contribution in [0.1, 0.15) is 6.23 Å². The Morgan fingerprint density at radius 2 is 2.23 bits per heavy atom. The van der Waals surface area contributed by atoms with Crippen LogP contribution in [0, 0.1) is 0 Å². The second kappa shape index (κ2) is 5.61. The van der Waals surface area contributed by atoms with Crippen LogP contribution in [0.5, 0.6) is 0 Å². The van der Waals surface area contributed by atoms with Crippen LogP contribution < -0.4 is 11.2 Å². The molecule has 9 nitrogen and oxygen atoms in total. The van der Waals surface area contributed by atoms with Gasteiger partial charge in [-0.15, -0.1) is 0 Å². The molecule has 0 aliphatic carbocycles. The van der Waals surface area contributed by atoms with Gasteiger partial charge in [0, 0.05) is 24.8 Å². The van der Waals surface area contributed by atoms with Gasteiger partial charge in [0.15, 0.2) is 6.23 Å². The van der Waals surface area contributed by atoms with Gasteiger partial charge in [-0.05, 0) is 6.07 Å². The highest BCUT2D eigenvalue weighted by molar-refractivity contribution is 5.72. The van der Waals surface area contributed by atoms with Crippen LogP contribution in [0.15, 0.2) is 27.9 Å². The molecule has 1 aliphatic rings. The number of aromatic nitrogens is 3. The average molecular weight is 309 g/mol. The molecule has 2 unspecified atom stereocenters. The number of nitrogens with zero attached hydrogens (tertiary/aromatic N) is 2. The number of hydrogen-bond donors (Lipinski definition) is 3. The van der Waals surface area contributed by atoms with Crippen molar-refractivity contribution in [1.82, 2.24) is 14.5 Å². The molecular weight excluding hydrogens is 294 g/mol. The molecule has 2 aromatic rings. The topological polar surface area (TPSA) is 127 Å². The molecular formula is C13H15N3O6. The van der Waals surface area contributed by atoms with Crippen LogP contribution in [-0.2, 0) is 9.47 Å². The van der Waals surface area contributed by atoms with Crippen LogP contribution >= 0.6 is 0 Å². The van der Waals surface area contributed by atoms with Crippen LogP contribution in [0.3, 0.4) is 0 Å². The number of nitrogens with one attached hydrogen (secondary N) is 1. The normalized spacial score (nSPS) is 28.3. The summed E-state index contributed by atoms with van der Waals surface area (Å²) in [5.74, 6) is 0. The molecule has 0 radical (unpaired) electrons. The third-order valence-electron chi connectivity index (χ3n) is 3.67. The van der Waals surface area contributed by atoms with Crippen molar-refractivity contribution in [2.45, 2.75) is 24.5 Å². The van der Waals surface area contributed by atoms with E-state index in [4.69, 9.17) is 9.47 Å². The van der Waals surface area contributed by atoms with Crippen molar-refractivity contribution in [2.75, 3.05) is 13.7 Å². The number of pyridine rings is 1. The summed E-state index contributed by atoms with van der Waals surface area (Å²) in [5, 5.41) is 19.8. The third kappa shape index (κ3) is 2.33. The van der Waals surface area contributed by atoms with Gasteiger partial charge < -0.3 is 24.7 Å². The van der Waals surface area contributed by atoms with E-state index in [0.29, 0.717) is 5.39 Å². The van der Waals surface area contributed by atoms with Gasteiger partial charge in [-0.25, -0.2) is 4.79 Å². The SMILES string of the molecule is COC1C(O)[C@@H](CO)O[C@H]1n1cc2ccc(=O)[nH]c2nc1=O. The predicted octanol–water partition coefficient (Wildman–Crippen LogP) is -1.65. The molecule has 4 atom stereocenters. The minimum Gasteiger partial charge on any atom is -0.394 e. The quantitative estimate of drug-likeness (QED) is 0.620. The molecule has 22 heavy (non-hydrogen) atoms. The molecule has 0 saturated carbocycles.